The fraction of sp³-hybridized carbons (Fsp3) is 0.944. The van der Waals surface area contributed by atoms with Crippen LogP contribution in [0.15, 0.2) is 0 Å². The van der Waals surface area contributed by atoms with Crippen molar-refractivity contribution in [1.82, 2.24) is 0 Å². The van der Waals surface area contributed by atoms with E-state index in [1.807, 2.05) is 0 Å². The molecule has 0 radical (unpaired) electrons. The maximum Gasteiger partial charge on any atom is 0.305 e. The first-order chi connectivity index (χ1) is 9.91. The van der Waals surface area contributed by atoms with Crippen molar-refractivity contribution in [3.05, 3.63) is 0 Å². The Hall–Kier alpha value is -0.470. The van der Waals surface area contributed by atoms with E-state index in [0.717, 1.165) is 18.8 Å². The van der Waals surface area contributed by atoms with Crippen LogP contribution in [0.5, 0.6) is 0 Å². The number of rotatable bonds is 0. The van der Waals surface area contributed by atoms with Crippen LogP contribution >= 0.6 is 0 Å². The number of carbonyl (C=O) groups is 1. The van der Waals surface area contributed by atoms with Crippen molar-refractivity contribution in [3.8, 4) is 0 Å². The highest BCUT2D eigenvalue weighted by Crippen LogP contribution is 2.62. The molecule has 4 aliphatic carbocycles. The number of halogens is 2. The summed E-state index contributed by atoms with van der Waals surface area (Å²) in [4.78, 5) is 11.8. The van der Waals surface area contributed by atoms with Gasteiger partial charge < -0.3 is 0 Å². The van der Waals surface area contributed by atoms with Crippen molar-refractivity contribution in [2.75, 3.05) is 0 Å². The number of carbonyl (C=O) groups excluding carboxylic acids is 1. The van der Waals surface area contributed by atoms with E-state index >= 15 is 0 Å². The lowest BCUT2D eigenvalue weighted by atomic mass is 9.50. The van der Waals surface area contributed by atoms with Gasteiger partial charge in [-0.05, 0) is 73.5 Å². The van der Waals surface area contributed by atoms with Crippen LogP contribution in [0.1, 0.15) is 64.7 Å². The van der Waals surface area contributed by atoms with E-state index in [2.05, 4.69) is 6.92 Å². The van der Waals surface area contributed by atoms with Crippen LogP contribution in [-0.2, 0) is 4.79 Å². The molecule has 0 heterocycles. The van der Waals surface area contributed by atoms with Gasteiger partial charge in [-0.15, -0.1) is 0 Å². The summed E-state index contributed by atoms with van der Waals surface area (Å²) in [6.45, 7) is 2.45. The molecule has 1 nitrogen and oxygen atoms in total. The van der Waals surface area contributed by atoms with Crippen LogP contribution in [0, 0.1) is 35.0 Å². The monoisotopic (exact) mass is 296 g/mol. The average Bonchev–Trinajstić information content (AvgIpc) is 2.81. The number of Topliss-reactive ketones (excluding diaryl/α,β-unsaturated/α-hetero) is 1. The van der Waals surface area contributed by atoms with Gasteiger partial charge in [0.15, 0.2) is 0 Å². The first-order valence-corrected chi connectivity index (χ1v) is 8.82. The first-order valence-electron chi connectivity index (χ1n) is 8.82. The summed E-state index contributed by atoms with van der Waals surface area (Å²) in [5.41, 5.74) is 0.511. The Morgan fingerprint density at radius 2 is 1.81 bits per heavy atom. The predicted molar refractivity (Wildman–Crippen MR) is 77.1 cm³/mol. The molecule has 3 heteroatoms. The average molecular weight is 296 g/mol. The molecule has 0 N–H and O–H groups in total. The molecule has 0 aromatic heterocycles. The zero-order valence-electron chi connectivity index (χ0n) is 12.9. The van der Waals surface area contributed by atoms with Crippen molar-refractivity contribution in [3.63, 3.8) is 0 Å². The Morgan fingerprint density at radius 3 is 2.62 bits per heavy atom. The van der Waals surface area contributed by atoms with E-state index in [1.165, 1.54) is 32.1 Å². The highest BCUT2D eigenvalue weighted by atomic mass is 19.3. The largest absolute Gasteiger partial charge is 0.305 e. The summed E-state index contributed by atoms with van der Waals surface area (Å²) in [5.74, 6) is -1.37. The third kappa shape index (κ3) is 2.02. The lowest BCUT2D eigenvalue weighted by molar-refractivity contribution is -0.162. The molecule has 0 saturated heterocycles. The van der Waals surface area contributed by atoms with Crippen LogP contribution in [0.2, 0.25) is 0 Å². The van der Waals surface area contributed by atoms with Crippen molar-refractivity contribution < 1.29 is 13.6 Å². The third-order valence-corrected chi connectivity index (χ3v) is 7.65. The van der Waals surface area contributed by atoms with Crippen molar-refractivity contribution in [1.29, 1.82) is 0 Å². The molecule has 4 fully saturated rings. The second-order valence-electron chi connectivity index (χ2n) is 8.56. The van der Waals surface area contributed by atoms with Gasteiger partial charge in [0.05, 0.1) is 0 Å². The molecule has 6 atom stereocenters. The Morgan fingerprint density at radius 1 is 1.00 bits per heavy atom. The molecular formula is C18H26F2O. The fourth-order valence-electron chi connectivity index (χ4n) is 6.60. The summed E-state index contributed by atoms with van der Waals surface area (Å²) in [5, 5.41) is 0. The SMILES string of the molecule is C[C@@]12CCC[C@H]1[C@@H]1CCC3CC(F)(F)C(=O)C[C@@H]3[C@H]1CC2. The molecule has 1 unspecified atom stereocenters. The van der Waals surface area contributed by atoms with Crippen LogP contribution in [-0.4, -0.2) is 11.7 Å². The molecule has 4 aliphatic rings. The van der Waals surface area contributed by atoms with E-state index < -0.39 is 11.7 Å². The van der Waals surface area contributed by atoms with E-state index in [4.69, 9.17) is 0 Å². The van der Waals surface area contributed by atoms with Gasteiger partial charge in [-0.3, -0.25) is 4.79 Å². The van der Waals surface area contributed by atoms with Crippen molar-refractivity contribution >= 4 is 5.78 Å². The molecule has 118 valence electrons. The molecule has 0 spiro atoms. The molecule has 0 aliphatic heterocycles. The maximum atomic E-state index is 13.7. The highest BCUT2D eigenvalue weighted by Gasteiger charge is 2.57. The smallest absolute Gasteiger partial charge is 0.293 e. The van der Waals surface area contributed by atoms with Gasteiger partial charge in [0.1, 0.15) is 0 Å². The fourth-order valence-corrected chi connectivity index (χ4v) is 6.60. The van der Waals surface area contributed by atoms with Gasteiger partial charge >= 0.3 is 5.92 Å². The zero-order chi connectivity index (χ0) is 14.8. The Bertz CT molecular complexity index is 460. The van der Waals surface area contributed by atoms with Crippen molar-refractivity contribution in [2.24, 2.45) is 35.0 Å². The topological polar surface area (TPSA) is 17.1 Å². The van der Waals surface area contributed by atoms with Gasteiger partial charge in [-0.1, -0.05) is 13.3 Å². The second-order valence-corrected chi connectivity index (χ2v) is 8.56. The van der Waals surface area contributed by atoms with Gasteiger partial charge in [0.2, 0.25) is 5.78 Å². The van der Waals surface area contributed by atoms with Gasteiger partial charge in [-0.25, -0.2) is 0 Å². The predicted octanol–water partition coefficient (Wildman–Crippen LogP) is 4.84. The summed E-state index contributed by atoms with van der Waals surface area (Å²) in [7, 11) is 0. The third-order valence-electron chi connectivity index (χ3n) is 7.65. The molecule has 0 aromatic carbocycles. The van der Waals surface area contributed by atoms with Gasteiger partial charge in [0.25, 0.3) is 0 Å². The summed E-state index contributed by atoms with van der Waals surface area (Å²) in [6, 6.07) is 0. The first kappa shape index (κ1) is 14.1. The van der Waals surface area contributed by atoms with Crippen LogP contribution < -0.4 is 0 Å². The number of fused-ring (bicyclic) bond motifs is 5. The lowest BCUT2D eigenvalue weighted by Crippen LogP contribution is -2.51. The number of hydrogen-bond donors (Lipinski definition) is 0. The quantitative estimate of drug-likeness (QED) is 0.625. The molecular weight excluding hydrogens is 270 g/mol. The minimum Gasteiger partial charge on any atom is -0.293 e. The molecule has 4 rings (SSSR count). The second kappa shape index (κ2) is 4.52. The van der Waals surface area contributed by atoms with E-state index in [9.17, 15) is 13.6 Å². The molecule has 21 heavy (non-hydrogen) atoms. The Kier molecular flexibility index (Phi) is 3.04. The summed E-state index contributed by atoms with van der Waals surface area (Å²) in [6.07, 6.45) is 8.52. The minimum atomic E-state index is -3.04. The van der Waals surface area contributed by atoms with Crippen LogP contribution in [0.4, 0.5) is 8.78 Å². The number of alkyl halides is 2. The number of ketones is 1. The maximum absolute atomic E-state index is 13.7. The van der Waals surface area contributed by atoms with Crippen molar-refractivity contribution in [2.45, 2.75) is 70.6 Å². The normalized spacial score (nSPS) is 52.0. The molecule has 0 amide bonds. The molecule has 4 saturated carbocycles. The highest BCUT2D eigenvalue weighted by molar-refractivity contribution is 5.86. The minimum absolute atomic E-state index is 0.102. The standard InChI is InChI=1S/C18H26F2O/c1-17-7-2-3-15(17)13-5-4-11-10-18(19,20)16(21)9-14(11)12(13)6-8-17/h11-15H,2-10H2,1H3/t11?,12-,13+,14-,15-,17-/m0/s1. The van der Waals surface area contributed by atoms with Crippen LogP contribution in [0.3, 0.4) is 0 Å². The Balaban J connectivity index is 1.58. The van der Waals surface area contributed by atoms with E-state index in [-0.39, 0.29) is 24.7 Å². The van der Waals surface area contributed by atoms with Crippen LogP contribution in [0.25, 0.3) is 0 Å². The number of hydrogen-bond acceptors (Lipinski definition) is 1. The summed E-state index contributed by atoms with van der Waals surface area (Å²) >= 11 is 0. The van der Waals surface area contributed by atoms with E-state index in [1.54, 1.807) is 0 Å². The van der Waals surface area contributed by atoms with E-state index in [0.29, 0.717) is 17.3 Å². The summed E-state index contributed by atoms with van der Waals surface area (Å²) < 4.78 is 27.4. The lowest BCUT2D eigenvalue weighted by Gasteiger charge is -2.55. The Labute approximate surface area is 125 Å². The molecule has 0 aromatic rings. The molecule has 0 bridgehead atoms. The van der Waals surface area contributed by atoms with Gasteiger partial charge in [0, 0.05) is 12.8 Å². The van der Waals surface area contributed by atoms with Gasteiger partial charge in [-0.2, -0.15) is 8.78 Å². The zero-order valence-corrected chi connectivity index (χ0v) is 12.9.